The maximum atomic E-state index is 4.60. The fourth-order valence-corrected chi connectivity index (χ4v) is 2.98. The first kappa shape index (κ1) is 20.9. The second kappa shape index (κ2) is 11.4. The lowest BCUT2D eigenvalue weighted by molar-refractivity contribution is 0.481. The van der Waals surface area contributed by atoms with Gasteiger partial charge in [0.15, 0.2) is 11.8 Å². The predicted molar refractivity (Wildman–Crippen MR) is 110 cm³/mol. The van der Waals surface area contributed by atoms with Crippen LogP contribution in [0.15, 0.2) is 17.6 Å². The molecule has 1 fully saturated rings. The van der Waals surface area contributed by atoms with Crippen LogP contribution in [0.5, 0.6) is 0 Å². The van der Waals surface area contributed by atoms with Gasteiger partial charge in [-0.3, -0.25) is 0 Å². The van der Waals surface area contributed by atoms with Gasteiger partial charge in [-0.2, -0.15) is 0 Å². The molecule has 6 nitrogen and oxygen atoms in total. The number of aryl methyl sites for hydroxylation is 1. The fourth-order valence-electron chi connectivity index (χ4n) is 2.98. The summed E-state index contributed by atoms with van der Waals surface area (Å²) >= 11 is 0. The smallest absolute Gasteiger partial charge is 0.191 e. The highest BCUT2D eigenvalue weighted by Crippen LogP contribution is 2.28. The molecule has 0 unspecified atom stereocenters. The van der Waals surface area contributed by atoms with Crippen LogP contribution >= 0.6 is 24.0 Å². The van der Waals surface area contributed by atoms with Crippen molar-refractivity contribution in [1.29, 1.82) is 0 Å². The zero-order valence-corrected chi connectivity index (χ0v) is 17.3. The minimum Gasteiger partial charge on any atom is -0.356 e. The zero-order valence-electron chi connectivity index (χ0n) is 14.9. The van der Waals surface area contributed by atoms with Crippen molar-refractivity contribution in [3.63, 3.8) is 0 Å². The second-order valence-corrected chi connectivity index (χ2v) is 6.28. The Morgan fingerprint density at radius 1 is 1.33 bits per heavy atom. The van der Waals surface area contributed by atoms with Crippen LogP contribution in [0.3, 0.4) is 0 Å². The lowest BCUT2D eigenvalue weighted by Crippen LogP contribution is -2.38. The number of guanidine groups is 1. The Morgan fingerprint density at radius 2 is 2.08 bits per heavy atom. The van der Waals surface area contributed by atoms with Crippen LogP contribution in [0, 0.1) is 12.8 Å². The van der Waals surface area contributed by atoms with Crippen molar-refractivity contribution in [2.45, 2.75) is 52.0 Å². The Balaban J connectivity index is 0.00000288. The van der Waals surface area contributed by atoms with E-state index in [4.69, 9.17) is 0 Å². The molecule has 1 saturated carbocycles. The molecule has 0 amide bonds. The maximum absolute atomic E-state index is 4.60. The topological polar surface area (TPSA) is 67.1 Å². The minimum absolute atomic E-state index is 0. The molecule has 0 atom stereocenters. The Labute approximate surface area is 162 Å². The van der Waals surface area contributed by atoms with E-state index in [1.165, 1.54) is 38.5 Å². The van der Waals surface area contributed by atoms with Crippen molar-refractivity contribution < 1.29 is 0 Å². The van der Waals surface area contributed by atoms with Crippen LogP contribution in [0.25, 0.3) is 0 Å². The summed E-state index contributed by atoms with van der Waals surface area (Å²) in [5.74, 6) is 3.53. The number of nitrogens with one attached hydrogen (secondary N) is 2. The maximum Gasteiger partial charge on any atom is 0.191 e. The number of aromatic nitrogens is 3. The van der Waals surface area contributed by atoms with Gasteiger partial charge in [-0.05, 0) is 25.7 Å². The van der Waals surface area contributed by atoms with Crippen molar-refractivity contribution in [2.75, 3.05) is 13.1 Å². The summed E-state index contributed by atoms with van der Waals surface area (Å²) in [5, 5.41) is 14.9. The van der Waals surface area contributed by atoms with E-state index < -0.39 is 0 Å². The molecule has 24 heavy (non-hydrogen) atoms. The van der Waals surface area contributed by atoms with Gasteiger partial charge < -0.3 is 15.2 Å². The quantitative estimate of drug-likeness (QED) is 0.212. The molecule has 1 aliphatic rings. The first-order chi connectivity index (χ1) is 11.2. The normalized spacial score (nSPS) is 15.2. The molecule has 1 aromatic heterocycles. The molecule has 136 valence electrons. The molecule has 0 aromatic carbocycles. The SMILES string of the molecule is C=CCNC(=NCc1nnc(C)n1C)NCCCC1CCCC1.I. The van der Waals surface area contributed by atoms with Crippen LogP contribution in [0.1, 0.15) is 50.2 Å². The predicted octanol–water partition coefficient (Wildman–Crippen LogP) is 2.93. The third-order valence-corrected chi connectivity index (χ3v) is 4.53. The standard InChI is InChI=1S/C17H30N6.HI/c1-4-11-18-17(19-12-7-10-15-8-5-6-9-15)20-13-16-22-21-14(2)23(16)3;/h4,15H,1,5-13H2,2-3H3,(H2,18,19,20);1H. The molecule has 0 radical (unpaired) electrons. The van der Waals surface area contributed by atoms with Gasteiger partial charge in [0.25, 0.3) is 0 Å². The van der Waals surface area contributed by atoms with Crippen molar-refractivity contribution >= 4 is 29.9 Å². The van der Waals surface area contributed by atoms with E-state index in [1.54, 1.807) is 0 Å². The largest absolute Gasteiger partial charge is 0.356 e. The number of halogens is 1. The molecule has 2 rings (SSSR count). The van der Waals surface area contributed by atoms with Crippen LogP contribution in [0.4, 0.5) is 0 Å². The van der Waals surface area contributed by atoms with Gasteiger partial charge in [0.2, 0.25) is 0 Å². The van der Waals surface area contributed by atoms with Gasteiger partial charge in [0, 0.05) is 20.1 Å². The van der Waals surface area contributed by atoms with Crippen molar-refractivity contribution in [1.82, 2.24) is 25.4 Å². The van der Waals surface area contributed by atoms with E-state index >= 15 is 0 Å². The van der Waals surface area contributed by atoms with E-state index in [1.807, 2.05) is 24.6 Å². The van der Waals surface area contributed by atoms with Crippen LogP contribution < -0.4 is 10.6 Å². The highest BCUT2D eigenvalue weighted by Gasteiger charge is 2.14. The summed E-state index contributed by atoms with van der Waals surface area (Å²) in [6, 6.07) is 0. The first-order valence-corrected chi connectivity index (χ1v) is 8.68. The lowest BCUT2D eigenvalue weighted by Gasteiger charge is -2.13. The highest BCUT2D eigenvalue weighted by atomic mass is 127. The Bertz CT molecular complexity index is 519. The summed E-state index contributed by atoms with van der Waals surface area (Å²) < 4.78 is 1.97. The van der Waals surface area contributed by atoms with Gasteiger partial charge in [-0.25, -0.2) is 4.99 Å². The third kappa shape index (κ3) is 6.78. The third-order valence-electron chi connectivity index (χ3n) is 4.53. The number of aliphatic imine (C=N–C) groups is 1. The monoisotopic (exact) mass is 446 g/mol. The molecule has 7 heteroatoms. The van der Waals surface area contributed by atoms with E-state index in [0.29, 0.717) is 13.1 Å². The summed E-state index contributed by atoms with van der Waals surface area (Å²) in [6.07, 6.45) is 10.0. The number of hydrogen-bond donors (Lipinski definition) is 2. The van der Waals surface area contributed by atoms with Gasteiger partial charge in [-0.15, -0.1) is 40.8 Å². The van der Waals surface area contributed by atoms with Gasteiger partial charge in [-0.1, -0.05) is 31.8 Å². The van der Waals surface area contributed by atoms with Crippen LogP contribution in [-0.2, 0) is 13.6 Å². The lowest BCUT2D eigenvalue weighted by atomic mass is 10.0. The molecule has 0 spiro atoms. The summed E-state index contributed by atoms with van der Waals surface area (Å²) in [4.78, 5) is 4.60. The summed E-state index contributed by atoms with van der Waals surface area (Å²) in [5.41, 5.74) is 0. The molecule has 1 heterocycles. The Kier molecular flexibility index (Phi) is 9.97. The molecule has 0 aliphatic heterocycles. The molecular formula is C17H31IN6. The highest BCUT2D eigenvalue weighted by molar-refractivity contribution is 14.0. The van der Waals surface area contributed by atoms with Crippen molar-refractivity contribution in [2.24, 2.45) is 18.0 Å². The minimum atomic E-state index is 0. The number of nitrogens with zero attached hydrogens (tertiary/aromatic N) is 4. The van der Waals surface area contributed by atoms with Gasteiger partial charge >= 0.3 is 0 Å². The van der Waals surface area contributed by atoms with E-state index in [-0.39, 0.29) is 24.0 Å². The number of rotatable bonds is 8. The van der Waals surface area contributed by atoms with E-state index in [0.717, 1.165) is 30.1 Å². The fraction of sp³-hybridized carbons (Fsp3) is 0.706. The molecule has 0 bridgehead atoms. The van der Waals surface area contributed by atoms with Gasteiger partial charge in [0.1, 0.15) is 12.4 Å². The average Bonchev–Trinajstić information content (AvgIpc) is 3.18. The van der Waals surface area contributed by atoms with Crippen LogP contribution in [0.2, 0.25) is 0 Å². The molecule has 1 aromatic rings. The molecule has 0 saturated heterocycles. The van der Waals surface area contributed by atoms with E-state index in [9.17, 15) is 0 Å². The first-order valence-electron chi connectivity index (χ1n) is 8.68. The summed E-state index contributed by atoms with van der Waals surface area (Å²) in [7, 11) is 1.96. The van der Waals surface area contributed by atoms with Crippen LogP contribution in [-0.4, -0.2) is 33.8 Å². The zero-order chi connectivity index (χ0) is 16.5. The Morgan fingerprint density at radius 3 is 2.71 bits per heavy atom. The number of hydrogen-bond acceptors (Lipinski definition) is 3. The van der Waals surface area contributed by atoms with Crippen molar-refractivity contribution in [3.8, 4) is 0 Å². The van der Waals surface area contributed by atoms with Crippen molar-refractivity contribution in [3.05, 3.63) is 24.3 Å². The molecular weight excluding hydrogens is 415 g/mol. The molecule has 1 aliphatic carbocycles. The average molecular weight is 446 g/mol. The van der Waals surface area contributed by atoms with E-state index in [2.05, 4.69) is 32.4 Å². The second-order valence-electron chi connectivity index (χ2n) is 6.28. The van der Waals surface area contributed by atoms with Gasteiger partial charge in [0.05, 0.1) is 0 Å². The Hall–Kier alpha value is -1.12. The summed E-state index contributed by atoms with van der Waals surface area (Å²) in [6.45, 7) is 7.86. The molecule has 2 N–H and O–H groups in total.